The van der Waals surface area contributed by atoms with Crippen LogP contribution in [0.25, 0.3) is 10.9 Å². The third-order valence-corrected chi connectivity index (χ3v) is 6.74. The maximum absolute atomic E-state index is 13.6. The molecule has 0 aliphatic rings. The van der Waals surface area contributed by atoms with Crippen molar-refractivity contribution in [3.05, 3.63) is 65.9 Å². The molecule has 200 valence electrons. The minimum Gasteiger partial charge on any atom is -0.494 e. The number of H-pyrrole nitrogens is 1. The second-order valence-corrected chi connectivity index (χ2v) is 9.63. The summed E-state index contributed by atoms with van der Waals surface area (Å²) >= 11 is 0. The van der Waals surface area contributed by atoms with Gasteiger partial charge in [-0.2, -0.15) is 0 Å². The van der Waals surface area contributed by atoms with Crippen LogP contribution in [0.15, 0.2) is 54.7 Å². The zero-order valence-corrected chi connectivity index (χ0v) is 22.8. The van der Waals surface area contributed by atoms with Gasteiger partial charge in [0.05, 0.1) is 13.2 Å². The quantitative estimate of drug-likeness (QED) is 0.231. The Balaban J connectivity index is 1.75. The van der Waals surface area contributed by atoms with Crippen molar-refractivity contribution in [2.24, 2.45) is 0 Å². The van der Waals surface area contributed by atoms with Gasteiger partial charge in [-0.25, -0.2) is 0 Å². The number of carbonyl (C=O) groups is 2. The zero-order chi connectivity index (χ0) is 26.5. The molecule has 0 spiro atoms. The van der Waals surface area contributed by atoms with E-state index in [-0.39, 0.29) is 18.4 Å². The topological polar surface area (TPSA) is 65.6 Å². The van der Waals surface area contributed by atoms with Crippen molar-refractivity contribution in [3.63, 3.8) is 0 Å². The van der Waals surface area contributed by atoms with Crippen LogP contribution < -0.4 is 4.74 Å². The number of carbonyl (C=O) groups excluding carboxylic acids is 2. The summed E-state index contributed by atoms with van der Waals surface area (Å²) in [6.07, 6.45) is 8.17. The van der Waals surface area contributed by atoms with Gasteiger partial charge in [-0.3, -0.25) is 9.59 Å². The molecule has 0 aliphatic heterocycles. The van der Waals surface area contributed by atoms with Gasteiger partial charge in [0.1, 0.15) is 5.75 Å². The molecule has 0 bridgehead atoms. The van der Waals surface area contributed by atoms with Gasteiger partial charge in [0, 0.05) is 43.2 Å². The predicted octanol–water partition coefficient (Wildman–Crippen LogP) is 6.35. The Morgan fingerprint density at radius 2 is 1.59 bits per heavy atom. The Labute approximate surface area is 222 Å². The van der Waals surface area contributed by atoms with Gasteiger partial charge < -0.3 is 19.5 Å². The van der Waals surface area contributed by atoms with E-state index in [2.05, 4.69) is 31.0 Å². The Hall–Kier alpha value is -3.28. The lowest BCUT2D eigenvalue weighted by Crippen LogP contribution is -2.43. The van der Waals surface area contributed by atoms with Crippen molar-refractivity contribution < 1.29 is 14.3 Å². The lowest BCUT2D eigenvalue weighted by molar-refractivity contribution is -0.141. The van der Waals surface area contributed by atoms with Gasteiger partial charge in [-0.15, -0.1) is 0 Å². The van der Waals surface area contributed by atoms with Gasteiger partial charge in [-0.05, 0) is 55.5 Å². The molecule has 0 fully saturated rings. The van der Waals surface area contributed by atoms with Crippen molar-refractivity contribution in [2.45, 2.75) is 72.3 Å². The number of nitrogens with one attached hydrogen (secondary N) is 1. The Bertz CT molecular complexity index is 1110. The molecular weight excluding hydrogens is 462 g/mol. The number of hydrogen-bond donors (Lipinski definition) is 1. The fourth-order valence-corrected chi connectivity index (χ4v) is 4.55. The highest BCUT2D eigenvalue weighted by molar-refractivity contribution is 5.85. The first-order valence-electron chi connectivity index (χ1n) is 13.9. The SMILES string of the molecule is CCCCCC(=O)N(CCCC)CC(=O)N(CCc1c[nH]c2ccccc12)Cc1ccc(OCC)cc1. The van der Waals surface area contributed by atoms with Gasteiger partial charge >= 0.3 is 0 Å². The number of amides is 2. The largest absolute Gasteiger partial charge is 0.494 e. The summed E-state index contributed by atoms with van der Waals surface area (Å²) in [5.74, 6) is 0.910. The number of hydrogen-bond acceptors (Lipinski definition) is 3. The average molecular weight is 506 g/mol. The number of rotatable bonds is 16. The van der Waals surface area contributed by atoms with Crippen LogP contribution in [-0.2, 0) is 22.6 Å². The average Bonchev–Trinajstić information content (AvgIpc) is 3.33. The first-order chi connectivity index (χ1) is 18.0. The van der Waals surface area contributed by atoms with Crippen LogP contribution in [0.3, 0.4) is 0 Å². The van der Waals surface area contributed by atoms with Crippen molar-refractivity contribution in [2.75, 3.05) is 26.2 Å². The number of ether oxygens (including phenoxy) is 1. The molecule has 6 nitrogen and oxygen atoms in total. The molecular formula is C31H43N3O3. The Morgan fingerprint density at radius 3 is 2.32 bits per heavy atom. The normalized spacial score (nSPS) is 11.0. The minimum atomic E-state index is -0.00586. The number of para-hydroxylation sites is 1. The molecule has 37 heavy (non-hydrogen) atoms. The number of aromatic amines is 1. The summed E-state index contributed by atoms with van der Waals surface area (Å²) in [7, 11) is 0. The highest BCUT2D eigenvalue weighted by atomic mass is 16.5. The molecule has 6 heteroatoms. The molecule has 1 N–H and O–H groups in total. The van der Waals surface area contributed by atoms with Gasteiger partial charge in [0.25, 0.3) is 0 Å². The van der Waals surface area contributed by atoms with Crippen molar-refractivity contribution in [3.8, 4) is 5.75 Å². The predicted molar refractivity (Wildman–Crippen MR) is 151 cm³/mol. The highest BCUT2D eigenvalue weighted by Crippen LogP contribution is 2.20. The molecule has 1 aromatic heterocycles. The molecule has 2 amide bonds. The summed E-state index contributed by atoms with van der Waals surface area (Å²) in [5, 5.41) is 1.19. The second-order valence-electron chi connectivity index (χ2n) is 9.63. The van der Waals surface area contributed by atoms with E-state index in [0.717, 1.165) is 55.4 Å². The van der Waals surface area contributed by atoms with Crippen LogP contribution in [0.2, 0.25) is 0 Å². The van der Waals surface area contributed by atoms with Crippen LogP contribution in [0.5, 0.6) is 5.75 Å². The van der Waals surface area contributed by atoms with E-state index in [1.807, 2.05) is 54.4 Å². The molecule has 3 rings (SSSR count). The zero-order valence-electron chi connectivity index (χ0n) is 22.8. The van der Waals surface area contributed by atoms with Gasteiger partial charge in [0.2, 0.25) is 11.8 Å². The van der Waals surface area contributed by atoms with Crippen LogP contribution in [0.1, 0.15) is 70.4 Å². The molecule has 0 atom stereocenters. The third-order valence-electron chi connectivity index (χ3n) is 6.74. The molecule has 3 aromatic rings. The summed E-state index contributed by atoms with van der Waals surface area (Å²) in [6, 6.07) is 16.2. The van der Waals surface area contributed by atoms with E-state index in [1.165, 1.54) is 10.9 Å². The molecule has 2 aromatic carbocycles. The number of nitrogens with zero attached hydrogens (tertiary/aromatic N) is 2. The van der Waals surface area contributed by atoms with Crippen LogP contribution in [-0.4, -0.2) is 52.8 Å². The Kier molecular flexibility index (Phi) is 11.5. The molecule has 1 heterocycles. The fraction of sp³-hybridized carbons (Fsp3) is 0.484. The van der Waals surface area contributed by atoms with E-state index in [0.29, 0.717) is 32.7 Å². The summed E-state index contributed by atoms with van der Waals surface area (Å²) in [6.45, 7) is 8.68. The minimum absolute atomic E-state index is 0.00586. The van der Waals surface area contributed by atoms with Gasteiger partial charge in [-0.1, -0.05) is 63.4 Å². The molecule has 0 radical (unpaired) electrons. The fourth-order valence-electron chi connectivity index (χ4n) is 4.55. The Morgan fingerprint density at radius 1 is 0.838 bits per heavy atom. The smallest absolute Gasteiger partial charge is 0.242 e. The van der Waals surface area contributed by atoms with E-state index < -0.39 is 0 Å². The lowest BCUT2D eigenvalue weighted by Gasteiger charge is -2.28. The standard InChI is InChI=1S/C31H43N3O3/c1-4-7-9-14-30(35)33(20-8-5-2)24-31(36)34(23-25-15-17-27(18-16-25)37-6-3)21-19-26-22-32-29-13-11-10-12-28(26)29/h10-13,15-18,22,32H,4-9,14,19-21,23-24H2,1-3H3. The second kappa shape index (κ2) is 15.1. The van der Waals surface area contributed by atoms with Crippen molar-refractivity contribution in [1.82, 2.24) is 14.8 Å². The summed E-state index contributed by atoms with van der Waals surface area (Å²) in [4.78, 5) is 33.6. The summed E-state index contributed by atoms with van der Waals surface area (Å²) < 4.78 is 5.58. The van der Waals surface area contributed by atoms with Crippen LogP contribution >= 0.6 is 0 Å². The molecule has 0 saturated carbocycles. The highest BCUT2D eigenvalue weighted by Gasteiger charge is 2.21. The third kappa shape index (κ3) is 8.66. The summed E-state index contributed by atoms with van der Waals surface area (Å²) in [5.41, 5.74) is 3.34. The van der Waals surface area contributed by atoms with Crippen molar-refractivity contribution in [1.29, 1.82) is 0 Å². The molecule has 0 saturated heterocycles. The maximum atomic E-state index is 13.6. The number of unbranched alkanes of at least 4 members (excludes halogenated alkanes) is 3. The number of benzene rings is 2. The van der Waals surface area contributed by atoms with Crippen molar-refractivity contribution >= 4 is 22.7 Å². The number of aromatic nitrogens is 1. The van der Waals surface area contributed by atoms with E-state index in [1.54, 1.807) is 4.90 Å². The molecule has 0 aliphatic carbocycles. The number of fused-ring (bicyclic) bond motifs is 1. The molecule has 0 unspecified atom stereocenters. The van der Waals surface area contributed by atoms with Crippen LogP contribution in [0, 0.1) is 0 Å². The van der Waals surface area contributed by atoms with E-state index >= 15 is 0 Å². The maximum Gasteiger partial charge on any atom is 0.242 e. The van der Waals surface area contributed by atoms with E-state index in [4.69, 9.17) is 4.74 Å². The first-order valence-corrected chi connectivity index (χ1v) is 13.9. The van der Waals surface area contributed by atoms with Gasteiger partial charge in [0.15, 0.2) is 0 Å². The monoisotopic (exact) mass is 505 g/mol. The van der Waals surface area contributed by atoms with Crippen LogP contribution in [0.4, 0.5) is 0 Å². The first kappa shape index (κ1) is 28.3. The van der Waals surface area contributed by atoms with E-state index in [9.17, 15) is 9.59 Å². The lowest BCUT2D eigenvalue weighted by atomic mass is 10.1.